The predicted molar refractivity (Wildman–Crippen MR) is 74.7 cm³/mol. The average Bonchev–Trinajstić information content (AvgIpc) is 2.99. The maximum Gasteiger partial charge on any atom is 0.333 e. The lowest BCUT2D eigenvalue weighted by Gasteiger charge is -2.15. The van der Waals surface area contributed by atoms with Crippen LogP contribution in [0, 0.1) is 5.82 Å². The Balaban J connectivity index is 2.02. The van der Waals surface area contributed by atoms with Crippen LogP contribution < -0.4 is 11.2 Å². The third-order valence-corrected chi connectivity index (χ3v) is 3.60. The van der Waals surface area contributed by atoms with Crippen molar-refractivity contribution in [3.63, 3.8) is 0 Å². The first-order chi connectivity index (χ1) is 10.2. The molecule has 21 heavy (non-hydrogen) atoms. The van der Waals surface area contributed by atoms with E-state index in [2.05, 4.69) is 0 Å². The van der Waals surface area contributed by atoms with Gasteiger partial charge in [-0.15, -0.1) is 0 Å². The third kappa shape index (κ3) is 2.67. The molecule has 1 aromatic carbocycles. The summed E-state index contributed by atoms with van der Waals surface area (Å²) in [7, 11) is 0. The molecule has 0 spiro atoms. The van der Waals surface area contributed by atoms with Crippen LogP contribution in [-0.2, 0) is 11.3 Å². The highest BCUT2D eigenvalue weighted by atomic mass is 19.1. The molecule has 110 valence electrons. The van der Waals surface area contributed by atoms with E-state index in [-0.39, 0.29) is 12.8 Å². The van der Waals surface area contributed by atoms with E-state index in [0.717, 1.165) is 17.4 Å². The molecule has 0 radical (unpaired) electrons. The van der Waals surface area contributed by atoms with Gasteiger partial charge in [-0.3, -0.25) is 13.9 Å². The molecule has 3 rings (SSSR count). The SMILES string of the molecule is O=c1ccn(C2CCCO2)c(=O)n1Cc1ccccc1F. The van der Waals surface area contributed by atoms with Gasteiger partial charge < -0.3 is 4.74 Å². The van der Waals surface area contributed by atoms with E-state index in [1.165, 1.54) is 22.9 Å². The van der Waals surface area contributed by atoms with Crippen LogP contribution in [0.25, 0.3) is 0 Å². The van der Waals surface area contributed by atoms with Gasteiger partial charge in [0.15, 0.2) is 0 Å². The van der Waals surface area contributed by atoms with Gasteiger partial charge in [-0.05, 0) is 18.9 Å². The molecule has 1 aliphatic rings. The van der Waals surface area contributed by atoms with Gasteiger partial charge in [0.05, 0.1) is 6.54 Å². The molecule has 0 saturated carbocycles. The Morgan fingerprint density at radius 2 is 2.05 bits per heavy atom. The van der Waals surface area contributed by atoms with Crippen molar-refractivity contribution >= 4 is 0 Å². The van der Waals surface area contributed by atoms with E-state index in [0.29, 0.717) is 12.2 Å². The van der Waals surface area contributed by atoms with E-state index in [9.17, 15) is 14.0 Å². The molecule has 6 heteroatoms. The Hall–Kier alpha value is -2.21. The van der Waals surface area contributed by atoms with E-state index in [4.69, 9.17) is 4.74 Å². The minimum Gasteiger partial charge on any atom is -0.358 e. The summed E-state index contributed by atoms with van der Waals surface area (Å²) in [5, 5.41) is 0. The third-order valence-electron chi connectivity index (χ3n) is 3.60. The number of aromatic nitrogens is 2. The normalized spacial score (nSPS) is 18.0. The number of ether oxygens (including phenoxy) is 1. The number of rotatable bonds is 3. The van der Waals surface area contributed by atoms with Crippen molar-refractivity contribution in [3.05, 3.63) is 68.7 Å². The monoisotopic (exact) mass is 290 g/mol. The summed E-state index contributed by atoms with van der Waals surface area (Å²) in [5.41, 5.74) is -0.614. The van der Waals surface area contributed by atoms with E-state index in [1.54, 1.807) is 18.2 Å². The summed E-state index contributed by atoms with van der Waals surface area (Å²) in [4.78, 5) is 24.3. The predicted octanol–water partition coefficient (Wildman–Crippen LogP) is 1.51. The second-order valence-corrected chi connectivity index (χ2v) is 4.99. The van der Waals surface area contributed by atoms with Crippen LogP contribution in [-0.4, -0.2) is 15.7 Å². The van der Waals surface area contributed by atoms with Gasteiger partial charge in [0, 0.05) is 24.4 Å². The van der Waals surface area contributed by atoms with Gasteiger partial charge >= 0.3 is 5.69 Å². The van der Waals surface area contributed by atoms with Crippen LogP contribution in [0.5, 0.6) is 0 Å². The first-order valence-corrected chi connectivity index (χ1v) is 6.84. The van der Waals surface area contributed by atoms with Crippen molar-refractivity contribution in [2.24, 2.45) is 0 Å². The summed E-state index contributed by atoms with van der Waals surface area (Å²) in [6.07, 6.45) is 2.71. The minimum absolute atomic E-state index is 0.0854. The lowest BCUT2D eigenvalue weighted by molar-refractivity contribution is 0.0514. The van der Waals surface area contributed by atoms with Crippen LogP contribution in [0.3, 0.4) is 0 Å². The molecule has 2 heterocycles. The summed E-state index contributed by atoms with van der Waals surface area (Å²) in [6.45, 7) is 0.515. The highest BCUT2D eigenvalue weighted by Crippen LogP contribution is 2.20. The lowest BCUT2D eigenvalue weighted by Crippen LogP contribution is -2.40. The van der Waals surface area contributed by atoms with Gasteiger partial charge in [-0.25, -0.2) is 9.18 Å². The van der Waals surface area contributed by atoms with Gasteiger partial charge in [-0.2, -0.15) is 0 Å². The molecule has 0 bridgehead atoms. The zero-order chi connectivity index (χ0) is 14.8. The van der Waals surface area contributed by atoms with Crippen molar-refractivity contribution in [3.8, 4) is 0 Å². The summed E-state index contributed by atoms with van der Waals surface area (Å²) < 4.78 is 21.6. The van der Waals surface area contributed by atoms with Crippen molar-refractivity contribution in [1.29, 1.82) is 0 Å². The van der Waals surface area contributed by atoms with Crippen molar-refractivity contribution in [2.75, 3.05) is 6.61 Å². The molecular formula is C15H15FN2O3. The number of nitrogens with zero attached hydrogens (tertiary/aromatic N) is 2. The molecule has 0 amide bonds. The largest absolute Gasteiger partial charge is 0.358 e. The van der Waals surface area contributed by atoms with Crippen LogP contribution in [0.2, 0.25) is 0 Å². The number of hydrogen-bond donors (Lipinski definition) is 0. The Labute approximate surface area is 120 Å². The van der Waals surface area contributed by atoms with Gasteiger partial charge in [0.2, 0.25) is 0 Å². The highest BCUT2D eigenvalue weighted by molar-refractivity contribution is 5.17. The average molecular weight is 290 g/mol. The Bertz CT molecular complexity index is 760. The number of benzene rings is 1. The highest BCUT2D eigenvalue weighted by Gasteiger charge is 2.20. The molecule has 0 aliphatic carbocycles. The Morgan fingerprint density at radius 3 is 2.76 bits per heavy atom. The molecule has 1 unspecified atom stereocenters. The van der Waals surface area contributed by atoms with Crippen molar-refractivity contribution in [2.45, 2.75) is 25.6 Å². The van der Waals surface area contributed by atoms with E-state index < -0.39 is 17.1 Å². The van der Waals surface area contributed by atoms with Crippen LogP contribution >= 0.6 is 0 Å². The van der Waals surface area contributed by atoms with Gasteiger partial charge in [-0.1, -0.05) is 18.2 Å². The molecule has 1 fully saturated rings. The zero-order valence-electron chi connectivity index (χ0n) is 11.4. The number of halogens is 1. The van der Waals surface area contributed by atoms with E-state index in [1.807, 2.05) is 0 Å². The van der Waals surface area contributed by atoms with Crippen LogP contribution in [0.1, 0.15) is 24.6 Å². The Morgan fingerprint density at radius 1 is 1.24 bits per heavy atom. The quantitative estimate of drug-likeness (QED) is 0.861. The van der Waals surface area contributed by atoms with Crippen LogP contribution in [0.4, 0.5) is 4.39 Å². The number of hydrogen-bond acceptors (Lipinski definition) is 3. The van der Waals surface area contributed by atoms with Gasteiger partial charge in [0.1, 0.15) is 12.0 Å². The first-order valence-electron chi connectivity index (χ1n) is 6.84. The smallest absolute Gasteiger partial charge is 0.333 e. The molecule has 5 nitrogen and oxygen atoms in total. The first kappa shape index (κ1) is 13.8. The molecule has 1 saturated heterocycles. The molecule has 0 N–H and O–H groups in total. The van der Waals surface area contributed by atoms with Gasteiger partial charge in [0.25, 0.3) is 5.56 Å². The molecule has 1 atom stereocenters. The summed E-state index contributed by atoms with van der Waals surface area (Å²) in [6, 6.07) is 7.42. The second kappa shape index (κ2) is 5.65. The fraction of sp³-hybridized carbons (Fsp3) is 0.333. The van der Waals surface area contributed by atoms with Crippen molar-refractivity contribution in [1.82, 2.24) is 9.13 Å². The molecule has 1 aromatic heterocycles. The van der Waals surface area contributed by atoms with E-state index >= 15 is 0 Å². The maximum absolute atomic E-state index is 13.7. The fourth-order valence-corrected chi connectivity index (χ4v) is 2.47. The lowest BCUT2D eigenvalue weighted by atomic mass is 10.2. The molecule has 2 aromatic rings. The summed E-state index contributed by atoms with van der Waals surface area (Å²) in [5.74, 6) is -0.434. The second-order valence-electron chi connectivity index (χ2n) is 4.99. The topological polar surface area (TPSA) is 53.2 Å². The standard InChI is InChI=1S/C15H15FN2O3/c16-12-5-2-1-4-11(12)10-18-13(19)7-8-17(15(18)20)14-6-3-9-21-14/h1-2,4-5,7-8,14H,3,6,9-10H2. The fourth-order valence-electron chi connectivity index (χ4n) is 2.47. The Kier molecular flexibility index (Phi) is 3.70. The maximum atomic E-state index is 13.7. The van der Waals surface area contributed by atoms with Crippen molar-refractivity contribution < 1.29 is 9.13 Å². The molecular weight excluding hydrogens is 275 g/mol. The zero-order valence-corrected chi connectivity index (χ0v) is 11.4. The molecule has 1 aliphatic heterocycles. The van der Waals surface area contributed by atoms with Crippen LogP contribution in [0.15, 0.2) is 46.1 Å². The summed E-state index contributed by atoms with van der Waals surface area (Å²) >= 11 is 0. The minimum atomic E-state index is -0.474.